The van der Waals surface area contributed by atoms with Crippen LogP contribution in [0.3, 0.4) is 0 Å². The maximum absolute atomic E-state index is 11.2. The van der Waals surface area contributed by atoms with Crippen molar-refractivity contribution in [2.75, 3.05) is 14.1 Å². The summed E-state index contributed by atoms with van der Waals surface area (Å²) in [5.74, 6) is 0.00884. The molecule has 0 heterocycles. The molecule has 0 atom stereocenters. The van der Waals surface area contributed by atoms with Crippen molar-refractivity contribution >= 4 is 26.3 Å². The fraction of sp³-hybridized carbons (Fsp3) is 0.750. The van der Waals surface area contributed by atoms with Crippen LogP contribution in [0.15, 0.2) is 0 Å². The number of rotatable bonds is 4. The van der Waals surface area contributed by atoms with Crippen LogP contribution in [-0.4, -0.2) is 45.3 Å². The number of ketones is 1. The molecule has 0 aromatic rings. The minimum atomic E-state index is -0.898. The molecule has 70 valence electrons. The molecule has 0 fully saturated rings. The molecule has 0 N–H and O–H groups in total. The Morgan fingerprint density at radius 1 is 1.25 bits per heavy atom. The summed E-state index contributed by atoms with van der Waals surface area (Å²) in [5.41, 5.74) is 4.23. The molecule has 0 saturated heterocycles. The zero-order valence-electron chi connectivity index (χ0n) is 8.13. The number of amides is 1. The van der Waals surface area contributed by atoms with E-state index >= 15 is 0 Å². The Morgan fingerprint density at radius 3 is 2.08 bits per heavy atom. The van der Waals surface area contributed by atoms with Crippen LogP contribution in [0.5, 0.6) is 0 Å². The van der Waals surface area contributed by atoms with Crippen molar-refractivity contribution in [1.29, 1.82) is 0 Å². The molecular formula is C8H16AsNO2. The SMILES string of the molecule is CN(C)C(=O)CC(=O)C[As](C)C. The zero-order valence-corrected chi connectivity index (χ0v) is 10.0. The number of hydrogen-bond acceptors (Lipinski definition) is 2. The number of Topliss-reactive ketones (excluding diaryl/α,β-unsaturated/α-hetero) is 1. The van der Waals surface area contributed by atoms with Crippen LogP contribution in [0.4, 0.5) is 0 Å². The molecule has 4 heteroatoms. The van der Waals surface area contributed by atoms with Crippen molar-refractivity contribution in [1.82, 2.24) is 4.90 Å². The molecule has 0 saturated carbocycles. The second-order valence-electron chi connectivity index (χ2n) is 3.24. The van der Waals surface area contributed by atoms with Gasteiger partial charge in [0.15, 0.2) is 0 Å². The first-order chi connectivity index (χ1) is 5.43. The number of carbonyl (C=O) groups is 2. The molecule has 0 aliphatic carbocycles. The normalized spacial score (nSPS) is 10.1. The first-order valence-electron chi connectivity index (χ1n) is 3.80. The average molecular weight is 233 g/mol. The minimum absolute atomic E-state index is 0.0833. The van der Waals surface area contributed by atoms with E-state index in [-0.39, 0.29) is 18.1 Å². The van der Waals surface area contributed by atoms with Gasteiger partial charge in [-0.3, -0.25) is 0 Å². The number of carbonyl (C=O) groups excluding carboxylic acids is 2. The van der Waals surface area contributed by atoms with E-state index < -0.39 is 14.7 Å². The van der Waals surface area contributed by atoms with Gasteiger partial charge in [-0.05, 0) is 0 Å². The van der Waals surface area contributed by atoms with E-state index in [0.29, 0.717) is 5.21 Å². The van der Waals surface area contributed by atoms with Gasteiger partial charge in [-0.15, -0.1) is 0 Å². The van der Waals surface area contributed by atoms with Crippen molar-refractivity contribution in [2.24, 2.45) is 0 Å². The molecule has 12 heavy (non-hydrogen) atoms. The quantitative estimate of drug-likeness (QED) is 0.531. The van der Waals surface area contributed by atoms with Crippen LogP contribution in [0.25, 0.3) is 0 Å². The summed E-state index contributed by atoms with van der Waals surface area (Å²) in [7, 11) is 3.34. The predicted octanol–water partition coefficient (Wildman–Crippen LogP) is 0.788. The van der Waals surface area contributed by atoms with Crippen molar-refractivity contribution in [2.45, 2.75) is 23.1 Å². The van der Waals surface area contributed by atoms with Crippen LogP contribution >= 0.6 is 0 Å². The van der Waals surface area contributed by atoms with E-state index in [0.717, 1.165) is 0 Å². The van der Waals surface area contributed by atoms with E-state index in [4.69, 9.17) is 0 Å². The van der Waals surface area contributed by atoms with Crippen molar-refractivity contribution in [3.63, 3.8) is 0 Å². The Balaban J connectivity index is 3.77. The average Bonchev–Trinajstić information content (AvgIpc) is 1.84. The Labute approximate surface area is 78.4 Å². The van der Waals surface area contributed by atoms with Gasteiger partial charge in [0.2, 0.25) is 0 Å². The first-order valence-corrected chi connectivity index (χ1v) is 8.88. The van der Waals surface area contributed by atoms with E-state index in [2.05, 4.69) is 11.4 Å². The number of hydrogen-bond donors (Lipinski definition) is 0. The van der Waals surface area contributed by atoms with Gasteiger partial charge in [-0.1, -0.05) is 0 Å². The van der Waals surface area contributed by atoms with Crippen LogP contribution in [0.2, 0.25) is 16.6 Å². The van der Waals surface area contributed by atoms with Crippen LogP contribution in [-0.2, 0) is 9.59 Å². The first kappa shape index (κ1) is 11.7. The standard InChI is InChI=1S/C8H16AsNO2/c1-9(2)6-7(11)5-8(12)10(3)4/h5-6H2,1-4H3. The molecule has 0 aliphatic rings. The molecule has 0 bridgehead atoms. The molecule has 0 unspecified atom stereocenters. The van der Waals surface area contributed by atoms with Gasteiger partial charge in [-0.2, -0.15) is 0 Å². The molecular weight excluding hydrogens is 217 g/mol. The monoisotopic (exact) mass is 233 g/mol. The second-order valence-corrected chi connectivity index (χ2v) is 8.44. The molecule has 0 aromatic carbocycles. The Bertz CT molecular complexity index is 178. The van der Waals surface area contributed by atoms with Crippen molar-refractivity contribution < 1.29 is 9.59 Å². The van der Waals surface area contributed by atoms with E-state index in [1.807, 2.05) is 0 Å². The van der Waals surface area contributed by atoms with Crippen molar-refractivity contribution in [3.05, 3.63) is 0 Å². The topological polar surface area (TPSA) is 37.4 Å². The third kappa shape index (κ3) is 5.36. The summed E-state index contributed by atoms with van der Waals surface area (Å²) in [4.78, 5) is 23.7. The van der Waals surface area contributed by atoms with Gasteiger partial charge < -0.3 is 0 Å². The third-order valence-electron chi connectivity index (χ3n) is 1.34. The van der Waals surface area contributed by atoms with E-state index in [1.54, 1.807) is 14.1 Å². The summed E-state index contributed by atoms with van der Waals surface area (Å²) in [6, 6.07) is 0. The zero-order chi connectivity index (χ0) is 9.72. The number of nitrogens with zero attached hydrogens (tertiary/aromatic N) is 1. The molecule has 0 spiro atoms. The molecule has 0 aliphatic heterocycles. The van der Waals surface area contributed by atoms with E-state index in [1.165, 1.54) is 4.90 Å². The Morgan fingerprint density at radius 2 is 1.75 bits per heavy atom. The third-order valence-corrected chi connectivity index (χ3v) is 3.41. The summed E-state index contributed by atoms with van der Waals surface area (Å²) in [5, 5.41) is 0.645. The van der Waals surface area contributed by atoms with Crippen LogP contribution in [0, 0.1) is 0 Å². The fourth-order valence-corrected chi connectivity index (χ4v) is 2.45. The van der Waals surface area contributed by atoms with Gasteiger partial charge in [0.1, 0.15) is 0 Å². The molecule has 1 amide bonds. The Kier molecular flexibility index (Phi) is 5.23. The van der Waals surface area contributed by atoms with Gasteiger partial charge in [0.25, 0.3) is 0 Å². The fourth-order valence-electron chi connectivity index (χ4n) is 0.735. The molecule has 0 aromatic heterocycles. The molecule has 0 radical (unpaired) electrons. The van der Waals surface area contributed by atoms with Gasteiger partial charge in [0, 0.05) is 0 Å². The van der Waals surface area contributed by atoms with Gasteiger partial charge in [-0.25, -0.2) is 0 Å². The van der Waals surface area contributed by atoms with Gasteiger partial charge >= 0.3 is 78.0 Å². The van der Waals surface area contributed by atoms with Crippen LogP contribution in [0.1, 0.15) is 6.42 Å². The predicted molar refractivity (Wildman–Crippen MR) is 50.6 cm³/mol. The second kappa shape index (κ2) is 5.36. The Hall–Kier alpha value is -0.302. The summed E-state index contributed by atoms with van der Waals surface area (Å²) < 4.78 is 0. The summed E-state index contributed by atoms with van der Waals surface area (Å²) in [6.45, 7) is 0. The van der Waals surface area contributed by atoms with E-state index in [9.17, 15) is 9.59 Å². The van der Waals surface area contributed by atoms with Crippen LogP contribution < -0.4 is 0 Å². The molecule has 0 rings (SSSR count). The summed E-state index contributed by atoms with van der Waals surface area (Å²) in [6.07, 6.45) is 0.0833. The maximum atomic E-state index is 11.2. The molecule has 3 nitrogen and oxygen atoms in total. The van der Waals surface area contributed by atoms with Crippen molar-refractivity contribution in [3.8, 4) is 0 Å². The van der Waals surface area contributed by atoms with Gasteiger partial charge in [0.05, 0.1) is 0 Å². The summed E-state index contributed by atoms with van der Waals surface area (Å²) >= 11 is -0.898.